The lowest BCUT2D eigenvalue weighted by Crippen LogP contribution is -2.52. The summed E-state index contributed by atoms with van der Waals surface area (Å²) in [5.41, 5.74) is -0.339. The third-order valence-corrected chi connectivity index (χ3v) is 2.93. The Bertz CT molecular complexity index is 355. The first-order valence-corrected chi connectivity index (χ1v) is 4.83. The Morgan fingerprint density at radius 1 is 1.31 bits per heavy atom. The number of fused-ring (bicyclic) bond motifs is 1. The molecular formula is C10H9F3O3. The largest absolute Gasteiger partial charge is 0.496 e. The van der Waals surface area contributed by atoms with Crippen molar-refractivity contribution >= 4 is 12.1 Å². The van der Waals surface area contributed by atoms with Crippen LogP contribution in [0.25, 0.3) is 0 Å². The molecule has 6 heteroatoms. The summed E-state index contributed by atoms with van der Waals surface area (Å²) in [6.07, 6.45) is -6.86. The maximum absolute atomic E-state index is 13.5. The zero-order valence-electron chi connectivity index (χ0n) is 8.11. The predicted octanol–water partition coefficient (Wildman–Crippen LogP) is 1.07. The van der Waals surface area contributed by atoms with Crippen LogP contribution in [-0.2, 0) is 14.3 Å². The lowest BCUT2D eigenvalue weighted by atomic mass is 9.77. The standard InChI is InChI=1S/C10H9F3O3/c11-5-1-6-7(9(13)8(5)12)10(15)4(2-14)3-16-6/h2-3,5-9H,1H2. The fraction of sp³-hybridized carbons (Fsp3) is 0.600. The molecular weight excluding hydrogens is 225 g/mol. The second-order valence-electron chi connectivity index (χ2n) is 3.90. The fourth-order valence-corrected chi connectivity index (χ4v) is 2.05. The Labute approximate surface area is 89.3 Å². The van der Waals surface area contributed by atoms with E-state index in [0.717, 1.165) is 6.26 Å². The van der Waals surface area contributed by atoms with E-state index in [1.54, 1.807) is 0 Å². The second-order valence-corrected chi connectivity index (χ2v) is 3.90. The smallest absolute Gasteiger partial charge is 0.179 e. The van der Waals surface area contributed by atoms with E-state index < -0.39 is 36.3 Å². The summed E-state index contributed by atoms with van der Waals surface area (Å²) in [6, 6.07) is 0. The van der Waals surface area contributed by atoms with Crippen molar-refractivity contribution in [2.45, 2.75) is 31.0 Å². The summed E-state index contributed by atoms with van der Waals surface area (Å²) in [6.45, 7) is 0. The van der Waals surface area contributed by atoms with Gasteiger partial charge < -0.3 is 4.74 Å². The van der Waals surface area contributed by atoms with Crippen molar-refractivity contribution in [1.29, 1.82) is 0 Å². The van der Waals surface area contributed by atoms with Crippen LogP contribution in [0, 0.1) is 5.92 Å². The molecule has 0 aromatic heterocycles. The van der Waals surface area contributed by atoms with Gasteiger partial charge in [0.1, 0.15) is 18.4 Å². The fourth-order valence-electron chi connectivity index (χ4n) is 2.05. The maximum atomic E-state index is 13.5. The van der Waals surface area contributed by atoms with Crippen LogP contribution in [0.2, 0.25) is 0 Å². The van der Waals surface area contributed by atoms with E-state index in [1.165, 1.54) is 0 Å². The summed E-state index contributed by atoms with van der Waals surface area (Å²) in [4.78, 5) is 22.0. The van der Waals surface area contributed by atoms with Crippen molar-refractivity contribution < 1.29 is 27.5 Å². The third-order valence-electron chi connectivity index (χ3n) is 2.93. The van der Waals surface area contributed by atoms with Gasteiger partial charge in [-0.2, -0.15) is 0 Å². The first-order valence-electron chi connectivity index (χ1n) is 4.83. The number of carbonyl (C=O) groups is 2. The average molecular weight is 234 g/mol. The molecule has 1 fully saturated rings. The van der Waals surface area contributed by atoms with Crippen LogP contribution < -0.4 is 0 Å². The molecule has 5 unspecified atom stereocenters. The Balaban J connectivity index is 2.29. The normalized spacial score (nSPS) is 43.1. The number of alkyl halides is 3. The molecule has 1 aliphatic heterocycles. The number of ketones is 1. The van der Waals surface area contributed by atoms with E-state index in [0.29, 0.717) is 0 Å². The molecule has 2 rings (SSSR count). The van der Waals surface area contributed by atoms with Gasteiger partial charge in [-0.3, -0.25) is 9.59 Å². The van der Waals surface area contributed by atoms with Gasteiger partial charge in [-0.25, -0.2) is 13.2 Å². The number of allylic oxidation sites excluding steroid dienone is 1. The van der Waals surface area contributed by atoms with E-state index in [4.69, 9.17) is 4.74 Å². The Morgan fingerprint density at radius 2 is 2.00 bits per heavy atom. The Kier molecular flexibility index (Phi) is 2.73. The van der Waals surface area contributed by atoms with Gasteiger partial charge in [0.05, 0.1) is 17.8 Å². The third kappa shape index (κ3) is 1.52. The van der Waals surface area contributed by atoms with Crippen LogP contribution in [0.5, 0.6) is 0 Å². The molecule has 16 heavy (non-hydrogen) atoms. The van der Waals surface area contributed by atoms with Crippen LogP contribution in [0.3, 0.4) is 0 Å². The minimum absolute atomic E-state index is 0.222. The molecule has 1 saturated carbocycles. The number of hydrogen-bond acceptors (Lipinski definition) is 3. The topological polar surface area (TPSA) is 43.4 Å². The summed E-state index contributed by atoms with van der Waals surface area (Å²) in [7, 11) is 0. The van der Waals surface area contributed by atoms with Crippen LogP contribution in [0.15, 0.2) is 11.8 Å². The lowest BCUT2D eigenvalue weighted by molar-refractivity contribution is -0.140. The van der Waals surface area contributed by atoms with E-state index in [-0.39, 0.29) is 18.3 Å². The van der Waals surface area contributed by atoms with E-state index in [9.17, 15) is 22.8 Å². The highest BCUT2D eigenvalue weighted by molar-refractivity contribution is 6.13. The first kappa shape index (κ1) is 11.2. The van der Waals surface area contributed by atoms with Crippen molar-refractivity contribution in [1.82, 2.24) is 0 Å². The van der Waals surface area contributed by atoms with E-state index in [1.807, 2.05) is 0 Å². The molecule has 88 valence electrons. The minimum Gasteiger partial charge on any atom is -0.496 e. The molecule has 3 nitrogen and oxygen atoms in total. The van der Waals surface area contributed by atoms with Crippen molar-refractivity contribution in [2.75, 3.05) is 0 Å². The maximum Gasteiger partial charge on any atom is 0.179 e. The van der Waals surface area contributed by atoms with Gasteiger partial charge in [0.2, 0.25) is 0 Å². The molecule has 5 atom stereocenters. The number of carbonyl (C=O) groups excluding carboxylic acids is 2. The molecule has 0 amide bonds. The number of hydrogen-bond donors (Lipinski definition) is 0. The molecule has 1 aliphatic carbocycles. The van der Waals surface area contributed by atoms with Gasteiger partial charge in [-0.05, 0) is 0 Å². The zero-order valence-corrected chi connectivity index (χ0v) is 8.11. The van der Waals surface area contributed by atoms with Gasteiger partial charge in [-0.15, -0.1) is 0 Å². The van der Waals surface area contributed by atoms with E-state index in [2.05, 4.69) is 0 Å². The molecule has 0 saturated heterocycles. The van der Waals surface area contributed by atoms with E-state index >= 15 is 0 Å². The van der Waals surface area contributed by atoms with Crippen LogP contribution >= 0.6 is 0 Å². The average Bonchev–Trinajstić information content (AvgIpc) is 2.26. The zero-order chi connectivity index (χ0) is 11.9. The van der Waals surface area contributed by atoms with Gasteiger partial charge in [0, 0.05) is 6.42 Å². The number of rotatable bonds is 1. The summed E-state index contributed by atoms with van der Waals surface area (Å²) < 4.78 is 44.4. The summed E-state index contributed by atoms with van der Waals surface area (Å²) in [5.74, 6) is -2.22. The lowest BCUT2D eigenvalue weighted by Gasteiger charge is -2.38. The molecule has 0 aromatic rings. The molecule has 0 spiro atoms. The molecule has 1 heterocycles. The minimum atomic E-state index is -2.33. The highest BCUT2D eigenvalue weighted by Crippen LogP contribution is 2.37. The quantitative estimate of drug-likeness (QED) is 0.503. The predicted molar refractivity (Wildman–Crippen MR) is 46.8 cm³/mol. The van der Waals surface area contributed by atoms with Gasteiger partial charge in [-0.1, -0.05) is 0 Å². The van der Waals surface area contributed by atoms with Gasteiger partial charge in [0.15, 0.2) is 18.2 Å². The second kappa shape index (κ2) is 3.92. The highest BCUT2D eigenvalue weighted by Gasteiger charge is 2.52. The number of aldehydes is 1. The van der Waals surface area contributed by atoms with Crippen molar-refractivity contribution in [3.05, 3.63) is 11.8 Å². The number of Topliss-reactive ketones (excluding diaryl/α,β-unsaturated/α-hetero) is 1. The van der Waals surface area contributed by atoms with Crippen LogP contribution in [0.1, 0.15) is 6.42 Å². The summed E-state index contributed by atoms with van der Waals surface area (Å²) >= 11 is 0. The molecule has 0 radical (unpaired) electrons. The van der Waals surface area contributed by atoms with Crippen molar-refractivity contribution in [2.24, 2.45) is 5.92 Å². The first-order chi connectivity index (χ1) is 7.56. The van der Waals surface area contributed by atoms with Crippen LogP contribution in [-0.4, -0.2) is 36.7 Å². The SMILES string of the molecule is O=CC1=COC2CC(F)C(F)C(F)C2C1=O. The molecule has 0 aromatic carbocycles. The van der Waals surface area contributed by atoms with Crippen LogP contribution in [0.4, 0.5) is 13.2 Å². The Morgan fingerprint density at radius 3 is 2.62 bits per heavy atom. The summed E-state index contributed by atoms with van der Waals surface area (Å²) in [5, 5.41) is 0. The molecule has 0 bridgehead atoms. The Hall–Kier alpha value is -1.33. The highest BCUT2D eigenvalue weighted by atomic mass is 19.2. The van der Waals surface area contributed by atoms with Crippen molar-refractivity contribution in [3.8, 4) is 0 Å². The van der Waals surface area contributed by atoms with Gasteiger partial charge >= 0.3 is 0 Å². The number of halogens is 3. The monoisotopic (exact) mass is 234 g/mol. The number of ether oxygens (including phenoxy) is 1. The van der Waals surface area contributed by atoms with Crippen molar-refractivity contribution in [3.63, 3.8) is 0 Å². The molecule has 0 N–H and O–H groups in total. The molecule has 2 aliphatic rings. The van der Waals surface area contributed by atoms with Gasteiger partial charge in [0.25, 0.3) is 0 Å².